The van der Waals surface area contributed by atoms with Crippen molar-refractivity contribution in [2.45, 2.75) is 50.7 Å². The third-order valence-corrected chi connectivity index (χ3v) is 14.2. The predicted octanol–water partition coefficient (Wildman–Crippen LogP) is 2.03. The van der Waals surface area contributed by atoms with Gasteiger partial charge in [-0.05, 0) is 12.1 Å². The maximum absolute atomic E-state index is 11.7. The van der Waals surface area contributed by atoms with Gasteiger partial charge in [-0.2, -0.15) is 0 Å². The molecule has 1 atom stereocenters. The molecule has 0 amide bonds. The Bertz CT molecular complexity index is 275. The molecule has 0 saturated carbocycles. The fraction of sp³-hybridized carbons (Fsp3) is 0.900. The van der Waals surface area contributed by atoms with Crippen LogP contribution in [0.4, 0.5) is 0 Å². The van der Waals surface area contributed by atoms with E-state index in [1.165, 1.54) is 12.1 Å². The summed E-state index contributed by atoms with van der Waals surface area (Å²) >= 11 is 0. The molecular formula is C10H21NO2Si2. The quantitative estimate of drug-likeness (QED) is 0.521. The molecule has 0 spiro atoms. The minimum atomic E-state index is -1.32. The van der Waals surface area contributed by atoms with Gasteiger partial charge < -0.3 is 8.97 Å². The van der Waals surface area contributed by atoms with Crippen molar-refractivity contribution in [3.8, 4) is 0 Å². The van der Waals surface area contributed by atoms with Crippen molar-refractivity contribution in [2.24, 2.45) is 0 Å². The van der Waals surface area contributed by atoms with Gasteiger partial charge in [0.1, 0.15) is 16.5 Å². The van der Waals surface area contributed by atoms with E-state index in [1.54, 1.807) is 0 Å². The standard InChI is InChI=1S/C10H21NO2Si2/c1-14(2)7-8-15(3,4)11(14)9-5-6-13-10(9)12/h9H,5-8H2,1-4H3. The number of hydrogen-bond donors (Lipinski definition) is 0. The molecule has 1 unspecified atom stereocenters. The first-order valence-corrected chi connectivity index (χ1v) is 12.1. The van der Waals surface area contributed by atoms with Crippen LogP contribution in [0, 0.1) is 0 Å². The minimum absolute atomic E-state index is 0.0399. The van der Waals surface area contributed by atoms with Gasteiger partial charge in [-0.3, -0.25) is 4.79 Å². The summed E-state index contributed by atoms with van der Waals surface area (Å²) in [6.45, 7) is 10.2. The first kappa shape index (κ1) is 11.4. The monoisotopic (exact) mass is 243 g/mol. The van der Waals surface area contributed by atoms with Crippen LogP contribution in [0.15, 0.2) is 0 Å². The number of cyclic esters (lactones) is 1. The number of ether oxygens (including phenoxy) is 1. The van der Waals surface area contributed by atoms with Crippen LogP contribution < -0.4 is 0 Å². The van der Waals surface area contributed by atoms with E-state index in [0.29, 0.717) is 6.61 Å². The molecule has 2 rings (SSSR count). The Balaban J connectivity index is 2.28. The zero-order valence-electron chi connectivity index (χ0n) is 10.2. The molecule has 0 aromatic carbocycles. The maximum atomic E-state index is 11.7. The SMILES string of the molecule is C[Si]1(C)CC[Si](C)(C)N1C1CCOC1=O. The molecule has 0 aromatic rings. The van der Waals surface area contributed by atoms with Gasteiger partial charge in [0, 0.05) is 6.42 Å². The highest BCUT2D eigenvalue weighted by atomic mass is 28.4. The number of hydrogen-bond acceptors (Lipinski definition) is 3. The number of carbonyl (C=O) groups excluding carboxylic acids is 1. The molecule has 0 radical (unpaired) electrons. The van der Waals surface area contributed by atoms with Gasteiger partial charge in [-0.15, -0.1) is 0 Å². The fourth-order valence-electron chi connectivity index (χ4n) is 3.24. The molecule has 0 aliphatic carbocycles. The van der Waals surface area contributed by atoms with Gasteiger partial charge in [0.2, 0.25) is 0 Å². The van der Waals surface area contributed by atoms with Crippen molar-refractivity contribution in [3.63, 3.8) is 0 Å². The van der Waals surface area contributed by atoms with Gasteiger partial charge in [0.25, 0.3) is 0 Å². The van der Waals surface area contributed by atoms with Crippen molar-refractivity contribution in [1.29, 1.82) is 0 Å². The molecule has 0 aromatic heterocycles. The normalized spacial score (nSPS) is 34.4. The lowest BCUT2D eigenvalue weighted by molar-refractivity contribution is -0.140. The van der Waals surface area contributed by atoms with Crippen LogP contribution >= 0.6 is 0 Å². The van der Waals surface area contributed by atoms with E-state index in [2.05, 4.69) is 30.4 Å². The second-order valence-electron chi connectivity index (χ2n) is 5.97. The maximum Gasteiger partial charge on any atom is 0.322 e. The van der Waals surface area contributed by atoms with Crippen LogP contribution in [0.5, 0.6) is 0 Å². The van der Waals surface area contributed by atoms with Crippen LogP contribution in [-0.2, 0) is 9.53 Å². The van der Waals surface area contributed by atoms with Gasteiger partial charge in [-0.1, -0.05) is 26.2 Å². The average molecular weight is 243 g/mol. The van der Waals surface area contributed by atoms with E-state index >= 15 is 0 Å². The third kappa shape index (κ3) is 1.81. The number of nitrogens with zero attached hydrogens (tertiary/aromatic N) is 1. The van der Waals surface area contributed by atoms with Crippen LogP contribution in [-0.4, -0.2) is 39.3 Å². The predicted molar refractivity (Wildman–Crippen MR) is 65.8 cm³/mol. The van der Waals surface area contributed by atoms with Crippen molar-refractivity contribution in [1.82, 2.24) is 4.23 Å². The summed E-state index contributed by atoms with van der Waals surface area (Å²) in [6, 6.07) is 2.82. The van der Waals surface area contributed by atoms with E-state index in [-0.39, 0.29) is 12.0 Å². The van der Waals surface area contributed by atoms with Gasteiger partial charge in [-0.25, -0.2) is 0 Å². The summed E-state index contributed by atoms with van der Waals surface area (Å²) in [4.78, 5) is 11.7. The van der Waals surface area contributed by atoms with Crippen molar-refractivity contribution in [3.05, 3.63) is 0 Å². The van der Waals surface area contributed by atoms with Crippen LogP contribution in [0.1, 0.15) is 6.42 Å². The average Bonchev–Trinajstić information content (AvgIpc) is 2.56. The Morgan fingerprint density at radius 1 is 1.20 bits per heavy atom. The molecule has 2 saturated heterocycles. The molecular weight excluding hydrogens is 222 g/mol. The van der Waals surface area contributed by atoms with Crippen LogP contribution in [0.25, 0.3) is 0 Å². The molecule has 5 heteroatoms. The molecule has 0 bridgehead atoms. The summed E-state index contributed by atoms with van der Waals surface area (Å²) in [5.74, 6) is 0.0399. The second kappa shape index (κ2) is 3.43. The van der Waals surface area contributed by atoms with Crippen LogP contribution in [0.2, 0.25) is 38.3 Å². The molecule has 3 nitrogen and oxygen atoms in total. The number of carbonyl (C=O) groups is 1. The zero-order valence-corrected chi connectivity index (χ0v) is 12.2. The molecule has 15 heavy (non-hydrogen) atoms. The van der Waals surface area contributed by atoms with Gasteiger partial charge in [0.15, 0.2) is 0 Å². The van der Waals surface area contributed by atoms with Crippen LogP contribution in [0.3, 0.4) is 0 Å². The molecule has 86 valence electrons. The summed E-state index contributed by atoms with van der Waals surface area (Å²) in [5.41, 5.74) is 0. The first-order chi connectivity index (χ1) is 6.84. The molecule has 2 aliphatic heterocycles. The lowest BCUT2D eigenvalue weighted by atomic mass is 10.3. The Morgan fingerprint density at radius 3 is 2.13 bits per heavy atom. The largest absolute Gasteiger partial charge is 0.464 e. The lowest BCUT2D eigenvalue weighted by Crippen LogP contribution is -2.60. The molecule has 2 fully saturated rings. The summed E-state index contributed by atoms with van der Waals surface area (Å²) < 4.78 is 7.78. The smallest absolute Gasteiger partial charge is 0.322 e. The fourth-order valence-corrected chi connectivity index (χ4v) is 18.0. The Labute approximate surface area is 94.0 Å². The second-order valence-corrected chi connectivity index (χ2v) is 15.6. The highest BCUT2D eigenvalue weighted by Gasteiger charge is 2.53. The van der Waals surface area contributed by atoms with Crippen molar-refractivity contribution in [2.75, 3.05) is 6.61 Å². The minimum Gasteiger partial charge on any atom is -0.464 e. The zero-order chi connectivity index (χ0) is 11.3. The van der Waals surface area contributed by atoms with E-state index < -0.39 is 16.5 Å². The number of esters is 1. The highest BCUT2D eigenvalue weighted by molar-refractivity contribution is 6.95. The summed E-state index contributed by atoms with van der Waals surface area (Å²) in [5, 5.41) is 0. The number of rotatable bonds is 1. The van der Waals surface area contributed by atoms with Crippen molar-refractivity contribution < 1.29 is 9.53 Å². The van der Waals surface area contributed by atoms with E-state index in [0.717, 1.165) is 6.42 Å². The summed E-state index contributed by atoms with van der Waals surface area (Å²) in [6.07, 6.45) is 0.922. The molecule has 2 aliphatic rings. The molecule has 0 N–H and O–H groups in total. The lowest BCUT2D eigenvalue weighted by Gasteiger charge is -2.41. The highest BCUT2D eigenvalue weighted by Crippen LogP contribution is 2.40. The first-order valence-electron chi connectivity index (χ1n) is 5.81. The Morgan fingerprint density at radius 2 is 1.73 bits per heavy atom. The Hall–Kier alpha value is -0.136. The Kier molecular flexibility index (Phi) is 2.60. The molecule has 2 heterocycles. The van der Waals surface area contributed by atoms with E-state index in [1.807, 2.05) is 0 Å². The topological polar surface area (TPSA) is 29.5 Å². The summed E-state index contributed by atoms with van der Waals surface area (Å²) in [7, 11) is -2.64. The van der Waals surface area contributed by atoms with Gasteiger partial charge in [0.05, 0.1) is 12.6 Å². The van der Waals surface area contributed by atoms with E-state index in [4.69, 9.17) is 4.74 Å². The van der Waals surface area contributed by atoms with Gasteiger partial charge >= 0.3 is 5.97 Å². The van der Waals surface area contributed by atoms with Crippen molar-refractivity contribution >= 4 is 22.4 Å². The third-order valence-electron chi connectivity index (χ3n) is 3.87. The van der Waals surface area contributed by atoms with E-state index in [9.17, 15) is 4.79 Å².